The molecule has 1 atom stereocenters. The minimum absolute atomic E-state index is 0. The maximum Gasteiger partial charge on any atom is 0.0899 e. The molecule has 0 saturated heterocycles. The SMILES string of the molecule is Cl.NC1C=C(O)CC1. The second-order valence-electron chi connectivity index (χ2n) is 1.86. The van der Waals surface area contributed by atoms with E-state index >= 15 is 0 Å². The Bertz CT molecular complexity index is 103. The number of hydrogen-bond donors (Lipinski definition) is 2. The van der Waals surface area contributed by atoms with Crippen molar-refractivity contribution in [3.05, 3.63) is 11.8 Å². The van der Waals surface area contributed by atoms with Crippen LogP contribution in [0, 0.1) is 0 Å². The van der Waals surface area contributed by atoms with Gasteiger partial charge in [-0.05, 0) is 12.5 Å². The first-order valence-electron chi connectivity index (χ1n) is 2.44. The van der Waals surface area contributed by atoms with E-state index in [9.17, 15) is 0 Å². The standard InChI is InChI=1S/C5H9NO.ClH/c6-4-1-2-5(7)3-4;/h3-4,7H,1-2,6H2;1H. The third-order valence-corrected chi connectivity index (χ3v) is 1.14. The third-order valence-electron chi connectivity index (χ3n) is 1.14. The molecule has 0 amide bonds. The molecule has 1 aliphatic rings. The van der Waals surface area contributed by atoms with Crippen molar-refractivity contribution in [2.45, 2.75) is 18.9 Å². The van der Waals surface area contributed by atoms with Crippen molar-refractivity contribution in [3.63, 3.8) is 0 Å². The van der Waals surface area contributed by atoms with Crippen LogP contribution < -0.4 is 5.73 Å². The molecule has 3 heteroatoms. The number of nitrogens with two attached hydrogens (primary N) is 1. The summed E-state index contributed by atoms with van der Waals surface area (Å²) in [6.07, 6.45) is 3.37. The maximum absolute atomic E-state index is 8.68. The molecule has 1 unspecified atom stereocenters. The Kier molecular flexibility index (Phi) is 2.87. The molecule has 0 aromatic heterocycles. The van der Waals surface area contributed by atoms with E-state index in [-0.39, 0.29) is 18.4 Å². The average molecular weight is 136 g/mol. The lowest BCUT2D eigenvalue weighted by Crippen LogP contribution is -2.11. The number of aliphatic hydroxyl groups excluding tert-OH is 1. The normalized spacial score (nSPS) is 26.6. The van der Waals surface area contributed by atoms with Gasteiger partial charge in [0.2, 0.25) is 0 Å². The first-order chi connectivity index (χ1) is 3.29. The number of halogens is 1. The Labute approximate surface area is 54.8 Å². The molecular formula is C5H10ClNO. The molecule has 0 radical (unpaired) electrons. The molecule has 8 heavy (non-hydrogen) atoms. The van der Waals surface area contributed by atoms with Crippen molar-refractivity contribution < 1.29 is 5.11 Å². The molecule has 0 bridgehead atoms. The van der Waals surface area contributed by atoms with Gasteiger partial charge in [-0.15, -0.1) is 12.4 Å². The fraction of sp³-hybridized carbons (Fsp3) is 0.600. The number of allylic oxidation sites excluding steroid dienone is 1. The molecule has 2 nitrogen and oxygen atoms in total. The highest BCUT2D eigenvalue weighted by Crippen LogP contribution is 2.12. The molecule has 0 aromatic carbocycles. The van der Waals surface area contributed by atoms with Gasteiger partial charge in [-0.25, -0.2) is 0 Å². The van der Waals surface area contributed by atoms with E-state index in [2.05, 4.69) is 0 Å². The Hall–Kier alpha value is -0.210. The van der Waals surface area contributed by atoms with Gasteiger partial charge in [-0.2, -0.15) is 0 Å². The Morgan fingerprint density at radius 1 is 1.75 bits per heavy atom. The molecule has 1 aliphatic carbocycles. The van der Waals surface area contributed by atoms with E-state index in [4.69, 9.17) is 10.8 Å². The van der Waals surface area contributed by atoms with Crippen molar-refractivity contribution in [1.29, 1.82) is 0 Å². The van der Waals surface area contributed by atoms with Crippen molar-refractivity contribution in [1.82, 2.24) is 0 Å². The first-order valence-corrected chi connectivity index (χ1v) is 2.44. The summed E-state index contributed by atoms with van der Waals surface area (Å²) in [6, 6.07) is 0.111. The van der Waals surface area contributed by atoms with E-state index in [1.807, 2.05) is 0 Å². The Balaban J connectivity index is 0.000000490. The highest BCUT2D eigenvalue weighted by molar-refractivity contribution is 5.85. The van der Waals surface area contributed by atoms with Crippen LogP contribution in [0.5, 0.6) is 0 Å². The van der Waals surface area contributed by atoms with Gasteiger partial charge in [0.1, 0.15) is 0 Å². The summed E-state index contributed by atoms with van der Waals surface area (Å²) in [5.74, 6) is 0.451. The van der Waals surface area contributed by atoms with Crippen LogP contribution in [0.1, 0.15) is 12.8 Å². The lowest BCUT2D eigenvalue weighted by atomic mass is 10.3. The van der Waals surface area contributed by atoms with Gasteiger partial charge in [0.15, 0.2) is 0 Å². The van der Waals surface area contributed by atoms with Crippen molar-refractivity contribution in [2.24, 2.45) is 5.73 Å². The molecule has 0 saturated carbocycles. The van der Waals surface area contributed by atoms with Crippen LogP contribution in [0.25, 0.3) is 0 Å². The summed E-state index contributed by atoms with van der Waals surface area (Å²) in [4.78, 5) is 0. The zero-order chi connectivity index (χ0) is 5.28. The summed E-state index contributed by atoms with van der Waals surface area (Å²) >= 11 is 0. The number of rotatable bonds is 0. The second-order valence-corrected chi connectivity index (χ2v) is 1.86. The number of aliphatic hydroxyl groups is 1. The summed E-state index contributed by atoms with van der Waals surface area (Å²) in [5.41, 5.74) is 5.39. The van der Waals surface area contributed by atoms with E-state index in [0.717, 1.165) is 12.8 Å². The average Bonchev–Trinajstić information content (AvgIpc) is 1.87. The van der Waals surface area contributed by atoms with Crippen molar-refractivity contribution in [3.8, 4) is 0 Å². The van der Waals surface area contributed by atoms with Crippen LogP contribution >= 0.6 is 12.4 Å². The van der Waals surface area contributed by atoms with E-state index in [1.54, 1.807) is 6.08 Å². The molecule has 0 aliphatic heterocycles. The summed E-state index contributed by atoms with van der Waals surface area (Å²) < 4.78 is 0. The smallest absolute Gasteiger partial charge is 0.0899 e. The van der Waals surface area contributed by atoms with E-state index in [0.29, 0.717) is 5.76 Å². The van der Waals surface area contributed by atoms with Gasteiger partial charge < -0.3 is 10.8 Å². The van der Waals surface area contributed by atoms with Gasteiger partial charge in [0.05, 0.1) is 5.76 Å². The van der Waals surface area contributed by atoms with Crippen LogP contribution in [0.2, 0.25) is 0 Å². The highest BCUT2D eigenvalue weighted by Gasteiger charge is 2.08. The van der Waals surface area contributed by atoms with Crippen LogP contribution in [0.4, 0.5) is 0 Å². The van der Waals surface area contributed by atoms with Crippen LogP contribution in [-0.4, -0.2) is 11.1 Å². The van der Waals surface area contributed by atoms with Crippen molar-refractivity contribution >= 4 is 12.4 Å². The van der Waals surface area contributed by atoms with Gasteiger partial charge in [-0.1, -0.05) is 0 Å². The lowest BCUT2D eigenvalue weighted by molar-refractivity contribution is 0.397. The lowest BCUT2D eigenvalue weighted by Gasteiger charge is -1.89. The molecule has 1 rings (SSSR count). The number of hydrogen-bond acceptors (Lipinski definition) is 2. The predicted molar refractivity (Wildman–Crippen MR) is 35.2 cm³/mol. The third kappa shape index (κ3) is 1.72. The zero-order valence-electron chi connectivity index (χ0n) is 4.50. The molecule has 0 fully saturated rings. The largest absolute Gasteiger partial charge is 0.513 e. The monoisotopic (exact) mass is 135 g/mol. The fourth-order valence-electron chi connectivity index (χ4n) is 0.728. The Morgan fingerprint density at radius 3 is 2.50 bits per heavy atom. The van der Waals surface area contributed by atoms with Gasteiger partial charge in [0.25, 0.3) is 0 Å². The van der Waals surface area contributed by atoms with Crippen LogP contribution in [0.15, 0.2) is 11.8 Å². The molecule has 0 aromatic rings. The summed E-state index contributed by atoms with van der Waals surface area (Å²) in [5, 5.41) is 8.68. The first kappa shape index (κ1) is 7.79. The predicted octanol–water partition coefficient (Wildman–Crippen LogP) is 0.971. The maximum atomic E-state index is 8.68. The fourth-order valence-corrected chi connectivity index (χ4v) is 0.728. The van der Waals surface area contributed by atoms with E-state index in [1.165, 1.54) is 0 Å². The highest BCUT2D eigenvalue weighted by atomic mass is 35.5. The molecular weight excluding hydrogens is 126 g/mol. The summed E-state index contributed by atoms with van der Waals surface area (Å²) in [7, 11) is 0. The molecule has 0 heterocycles. The molecule has 0 spiro atoms. The van der Waals surface area contributed by atoms with Crippen LogP contribution in [0.3, 0.4) is 0 Å². The zero-order valence-corrected chi connectivity index (χ0v) is 5.32. The van der Waals surface area contributed by atoms with Crippen molar-refractivity contribution in [2.75, 3.05) is 0 Å². The van der Waals surface area contributed by atoms with Gasteiger partial charge >= 0.3 is 0 Å². The van der Waals surface area contributed by atoms with Gasteiger partial charge in [0, 0.05) is 12.5 Å². The minimum atomic E-state index is 0. The summed E-state index contributed by atoms with van der Waals surface area (Å²) in [6.45, 7) is 0. The minimum Gasteiger partial charge on any atom is -0.513 e. The molecule has 3 N–H and O–H groups in total. The second kappa shape index (κ2) is 2.95. The van der Waals surface area contributed by atoms with Gasteiger partial charge in [-0.3, -0.25) is 0 Å². The quantitative estimate of drug-likeness (QED) is 0.520. The van der Waals surface area contributed by atoms with E-state index < -0.39 is 0 Å². The van der Waals surface area contributed by atoms with Crippen LogP contribution in [-0.2, 0) is 0 Å². The topological polar surface area (TPSA) is 46.2 Å². The molecule has 48 valence electrons. The Morgan fingerprint density at radius 2 is 2.38 bits per heavy atom.